The fraction of sp³-hybridized carbons (Fsp3) is 0.350. The molecule has 0 atom stereocenters. The van der Waals surface area contributed by atoms with Crippen molar-refractivity contribution in [2.24, 2.45) is 0 Å². The highest BCUT2D eigenvalue weighted by atomic mass is 35.5. The van der Waals surface area contributed by atoms with Crippen molar-refractivity contribution in [1.82, 2.24) is 4.72 Å². The minimum Gasteiger partial charge on any atom is -0.495 e. The van der Waals surface area contributed by atoms with Gasteiger partial charge in [0.25, 0.3) is 5.91 Å². The van der Waals surface area contributed by atoms with Crippen LogP contribution < -0.4 is 24.2 Å². The van der Waals surface area contributed by atoms with Crippen LogP contribution in [0, 0.1) is 6.92 Å². The minimum atomic E-state index is -3.57. The van der Waals surface area contributed by atoms with Gasteiger partial charge in [-0.3, -0.25) is 4.79 Å². The Morgan fingerprint density at radius 3 is 2.37 bits per heavy atom. The molecule has 10 heteroatoms. The average Bonchev–Trinajstić information content (AvgIpc) is 2.72. The first-order chi connectivity index (χ1) is 14.2. The molecule has 1 amide bonds. The summed E-state index contributed by atoms with van der Waals surface area (Å²) in [5, 5.41) is 3.03. The standard InChI is InChI=1S/C20H25ClN2O6S/c1-5-8-22-30(25,26)14-6-7-17(13(2)9-14)29-12-20(24)23-16-11-18(27-3)15(21)10-19(16)28-4/h6-7,9-11,22H,5,8,12H2,1-4H3,(H,23,24). The number of hydrogen-bond acceptors (Lipinski definition) is 6. The Morgan fingerprint density at radius 2 is 1.77 bits per heavy atom. The minimum absolute atomic E-state index is 0.142. The Hall–Kier alpha value is -2.49. The van der Waals surface area contributed by atoms with Gasteiger partial charge in [0, 0.05) is 18.7 Å². The van der Waals surface area contributed by atoms with Crippen molar-refractivity contribution in [2.75, 3.05) is 32.7 Å². The van der Waals surface area contributed by atoms with Gasteiger partial charge in [-0.2, -0.15) is 0 Å². The highest BCUT2D eigenvalue weighted by Crippen LogP contribution is 2.35. The van der Waals surface area contributed by atoms with E-state index in [2.05, 4.69) is 10.0 Å². The quantitative estimate of drug-likeness (QED) is 0.568. The topological polar surface area (TPSA) is 103 Å². The van der Waals surface area contributed by atoms with Crippen molar-refractivity contribution >= 4 is 33.2 Å². The zero-order valence-electron chi connectivity index (χ0n) is 17.2. The third-order valence-corrected chi connectivity index (χ3v) is 5.86. The zero-order valence-corrected chi connectivity index (χ0v) is 18.8. The average molecular weight is 457 g/mol. The highest BCUT2D eigenvalue weighted by Gasteiger charge is 2.16. The monoisotopic (exact) mass is 456 g/mol. The van der Waals surface area contributed by atoms with Gasteiger partial charge in [-0.15, -0.1) is 0 Å². The number of hydrogen-bond donors (Lipinski definition) is 2. The predicted molar refractivity (Wildman–Crippen MR) is 115 cm³/mol. The van der Waals surface area contributed by atoms with Crippen LogP contribution in [0.5, 0.6) is 17.2 Å². The number of rotatable bonds is 10. The lowest BCUT2D eigenvalue weighted by Crippen LogP contribution is -2.24. The summed E-state index contributed by atoms with van der Waals surface area (Å²) < 4.78 is 42.9. The lowest BCUT2D eigenvalue weighted by molar-refractivity contribution is -0.118. The molecule has 0 unspecified atom stereocenters. The van der Waals surface area contributed by atoms with Crippen LogP contribution in [-0.4, -0.2) is 41.7 Å². The van der Waals surface area contributed by atoms with Crippen LogP contribution >= 0.6 is 11.6 Å². The van der Waals surface area contributed by atoms with Gasteiger partial charge in [0.2, 0.25) is 10.0 Å². The number of nitrogens with one attached hydrogen (secondary N) is 2. The maximum atomic E-state index is 12.3. The molecular formula is C20H25ClN2O6S. The number of carbonyl (C=O) groups excluding carboxylic acids is 1. The molecule has 0 aromatic heterocycles. The molecule has 2 N–H and O–H groups in total. The summed E-state index contributed by atoms with van der Waals surface area (Å²) in [7, 11) is -0.651. The molecule has 0 fully saturated rings. The summed E-state index contributed by atoms with van der Waals surface area (Å²) in [5.41, 5.74) is 0.973. The summed E-state index contributed by atoms with van der Waals surface area (Å²) in [6.07, 6.45) is 0.693. The normalized spacial score (nSPS) is 11.1. The molecule has 0 spiro atoms. The van der Waals surface area contributed by atoms with Crippen molar-refractivity contribution in [2.45, 2.75) is 25.2 Å². The fourth-order valence-corrected chi connectivity index (χ4v) is 4.01. The molecule has 30 heavy (non-hydrogen) atoms. The predicted octanol–water partition coefficient (Wildman–Crippen LogP) is 3.37. The molecule has 0 aliphatic rings. The molecule has 0 heterocycles. The summed E-state index contributed by atoms with van der Waals surface area (Å²) in [5.74, 6) is 0.733. The van der Waals surface area contributed by atoms with Gasteiger partial charge < -0.3 is 19.5 Å². The van der Waals surface area contributed by atoms with Crippen molar-refractivity contribution in [1.29, 1.82) is 0 Å². The number of aryl methyl sites for hydroxylation is 1. The van der Waals surface area contributed by atoms with E-state index in [0.717, 1.165) is 0 Å². The Bertz CT molecular complexity index is 1010. The van der Waals surface area contributed by atoms with Gasteiger partial charge in [-0.05, 0) is 37.1 Å². The van der Waals surface area contributed by atoms with E-state index >= 15 is 0 Å². The number of benzene rings is 2. The largest absolute Gasteiger partial charge is 0.495 e. The summed E-state index contributed by atoms with van der Waals surface area (Å²) in [4.78, 5) is 12.5. The molecule has 0 aliphatic carbocycles. The lowest BCUT2D eigenvalue weighted by Gasteiger charge is -2.14. The molecule has 0 saturated carbocycles. The number of ether oxygens (including phenoxy) is 3. The van der Waals surface area contributed by atoms with E-state index in [1.165, 1.54) is 38.5 Å². The number of sulfonamides is 1. The van der Waals surface area contributed by atoms with Crippen LogP contribution in [-0.2, 0) is 14.8 Å². The van der Waals surface area contributed by atoms with Crippen LogP contribution in [0.25, 0.3) is 0 Å². The Balaban J connectivity index is 2.07. The molecule has 8 nitrogen and oxygen atoms in total. The first-order valence-corrected chi connectivity index (χ1v) is 11.0. The molecular weight excluding hydrogens is 432 g/mol. The van der Waals surface area contributed by atoms with Crippen molar-refractivity contribution in [3.8, 4) is 17.2 Å². The zero-order chi connectivity index (χ0) is 22.3. The third kappa shape index (κ3) is 6.01. The van der Waals surface area contributed by atoms with Gasteiger partial charge in [0.05, 0.1) is 29.8 Å². The van der Waals surface area contributed by atoms with E-state index in [1.54, 1.807) is 13.0 Å². The fourth-order valence-electron chi connectivity index (χ4n) is 2.56. The number of anilines is 1. The number of methoxy groups -OCH3 is 2. The van der Waals surface area contributed by atoms with Crippen molar-refractivity contribution in [3.05, 3.63) is 40.9 Å². The third-order valence-electron chi connectivity index (χ3n) is 4.11. The van der Waals surface area contributed by atoms with Gasteiger partial charge in [-0.1, -0.05) is 18.5 Å². The van der Waals surface area contributed by atoms with Gasteiger partial charge >= 0.3 is 0 Å². The number of amides is 1. The SMILES string of the molecule is CCCNS(=O)(=O)c1ccc(OCC(=O)Nc2cc(OC)c(Cl)cc2OC)c(C)c1. The van der Waals surface area contributed by atoms with Crippen LogP contribution in [0.2, 0.25) is 5.02 Å². The first kappa shape index (κ1) is 23.8. The number of carbonyl (C=O) groups is 1. The maximum absolute atomic E-state index is 12.3. The van der Waals surface area contributed by atoms with Crippen LogP contribution in [0.3, 0.4) is 0 Å². The Labute approximate surface area is 181 Å². The second-order valence-corrected chi connectivity index (χ2v) is 8.52. The number of halogens is 1. The molecule has 0 radical (unpaired) electrons. The molecule has 164 valence electrons. The molecule has 2 aromatic carbocycles. The molecule has 0 bridgehead atoms. The second-order valence-electron chi connectivity index (χ2n) is 6.35. The summed E-state index contributed by atoms with van der Waals surface area (Å²) in [6, 6.07) is 7.54. The molecule has 2 rings (SSSR count). The van der Waals surface area contributed by atoms with Gasteiger partial charge in [0.15, 0.2) is 6.61 Å². The van der Waals surface area contributed by atoms with Crippen LogP contribution in [0.1, 0.15) is 18.9 Å². The van der Waals surface area contributed by atoms with Gasteiger partial charge in [0.1, 0.15) is 17.2 Å². The van der Waals surface area contributed by atoms with E-state index in [9.17, 15) is 13.2 Å². The molecule has 0 saturated heterocycles. The maximum Gasteiger partial charge on any atom is 0.262 e. The molecule has 2 aromatic rings. The van der Waals surface area contributed by atoms with Crippen LogP contribution in [0.4, 0.5) is 5.69 Å². The first-order valence-electron chi connectivity index (χ1n) is 9.16. The lowest BCUT2D eigenvalue weighted by atomic mass is 10.2. The van der Waals surface area contributed by atoms with Crippen molar-refractivity contribution < 1.29 is 27.4 Å². The van der Waals surface area contributed by atoms with E-state index < -0.39 is 15.9 Å². The highest BCUT2D eigenvalue weighted by molar-refractivity contribution is 7.89. The molecule has 0 aliphatic heterocycles. The van der Waals surface area contributed by atoms with E-state index in [4.69, 9.17) is 25.8 Å². The summed E-state index contributed by atoms with van der Waals surface area (Å²) >= 11 is 6.06. The van der Waals surface area contributed by atoms with E-state index in [-0.39, 0.29) is 11.5 Å². The van der Waals surface area contributed by atoms with Crippen LogP contribution in [0.15, 0.2) is 35.2 Å². The smallest absolute Gasteiger partial charge is 0.262 e. The van der Waals surface area contributed by atoms with Crippen molar-refractivity contribution in [3.63, 3.8) is 0 Å². The summed E-state index contributed by atoms with van der Waals surface area (Å²) in [6.45, 7) is 3.67. The Kier molecular flexibility index (Phi) is 8.33. The van der Waals surface area contributed by atoms with E-state index in [1.807, 2.05) is 6.92 Å². The second kappa shape index (κ2) is 10.5. The Morgan fingerprint density at radius 1 is 1.07 bits per heavy atom. The van der Waals surface area contributed by atoms with E-state index in [0.29, 0.717) is 46.5 Å². The van der Waals surface area contributed by atoms with Gasteiger partial charge in [-0.25, -0.2) is 13.1 Å².